The summed E-state index contributed by atoms with van der Waals surface area (Å²) >= 11 is 0. The number of hydrogen-bond acceptors (Lipinski definition) is 4. The van der Waals surface area contributed by atoms with Crippen LogP contribution in [0.2, 0.25) is 0 Å². The second-order valence-electron chi connectivity index (χ2n) is 5.45. The Hall–Kier alpha value is -0.160. The number of nitrogens with one attached hydrogen (secondary N) is 1. The van der Waals surface area contributed by atoms with Gasteiger partial charge in [0.1, 0.15) is 0 Å². The summed E-state index contributed by atoms with van der Waals surface area (Å²) in [5, 5.41) is 3.54. The van der Waals surface area contributed by atoms with Crippen molar-refractivity contribution < 1.29 is 9.47 Å². The van der Waals surface area contributed by atoms with Gasteiger partial charge in [-0.15, -0.1) is 0 Å². The highest BCUT2D eigenvalue weighted by molar-refractivity contribution is 4.74. The van der Waals surface area contributed by atoms with Crippen molar-refractivity contribution in [3.8, 4) is 0 Å². The largest absolute Gasteiger partial charge is 0.381 e. The first kappa shape index (κ1) is 13.3. The molecule has 2 aliphatic rings. The van der Waals surface area contributed by atoms with Gasteiger partial charge in [0.05, 0.1) is 18.8 Å². The number of morpholine rings is 1. The number of nitrogens with zero attached hydrogens (tertiary/aromatic N) is 1. The Bertz CT molecular complexity index is 209. The molecule has 0 bridgehead atoms. The van der Waals surface area contributed by atoms with Crippen molar-refractivity contribution in [2.45, 2.75) is 32.5 Å². The van der Waals surface area contributed by atoms with Gasteiger partial charge in [0.2, 0.25) is 0 Å². The smallest absolute Gasteiger partial charge is 0.0678 e. The van der Waals surface area contributed by atoms with Crippen molar-refractivity contribution in [2.24, 2.45) is 5.92 Å². The molecule has 2 aliphatic heterocycles. The van der Waals surface area contributed by atoms with E-state index >= 15 is 0 Å². The van der Waals surface area contributed by atoms with Gasteiger partial charge in [0, 0.05) is 39.3 Å². The molecule has 4 nitrogen and oxygen atoms in total. The summed E-state index contributed by atoms with van der Waals surface area (Å²) in [5.74, 6) is 0.734. The van der Waals surface area contributed by atoms with Crippen molar-refractivity contribution >= 4 is 0 Å². The van der Waals surface area contributed by atoms with Gasteiger partial charge < -0.3 is 14.8 Å². The van der Waals surface area contributed by atoms with Crippen LogP contribution >= 0.6 is 0 Å². The zero-order valence-corrected chi connectivity index (χ0v) is 11.2. The maximum atomic E-state index is 5.73. The van der Waals surface area contributed by atoms with E-state index in [2.05, 4.69) is 24.1 Å². The molecule has 1 unspecified atom stereocenters. The van der Waals surface area contributed by atoms with E-state index in [-0.39, 0.29) is 0 Å². The minimum Gasteiger partial charge on any atom is -0.381 e. The fourth-order valence-corrected chi connectivity index (χ4v) is 2.75. The molecule has 0 saturated carbocycles. The third-order valence-electron chi connectivity index (χ3n) is 3.56. The lowest BCUT2D eigenvalue weighted by molar-refractivity contribution is -0.0674. The van der Waals surface area contributed by atoms with Gasteiger partial charge in [-0.1, -0.05) is 0 Å². The quantitative estimate of drug-likeness (QED) is 0.720. The minimum atomic E-state index is 0.377. The summed E-state index contributed by atoms with van der Waals surface area (Å²) in [6.07, 6.45) is 1.97. The average molecular weight is 242 g/mol. The van der Waals surface area contributed by atoms with Gasteiger partial charge >= 0.3 is 0 Å². The Labute approximate surface area is 105 Å². The predicted molar refractivity (Wildman–Crippen MR) is 68.2 cm³/mol. The van der Waals surface area contributed by atoms with Crippen molar-refractivity contribution in [3.63, 3.8) is 0 Å². The zero-order valence-electron chi connectivity index (χ0n) is 11.2. The summed E-state index contributed by atoms with van der Waals surface area (Å²) in [6, 6.07) is 0. The van der Waals surface area contributed by atoms with Crippen LogP contribution in [0.3, 0.4) is 0 Å². The molecule has 0 aromatic rings. The van der Waals surface area contributed by atoms with Crippen molar-refractivity contribution in [1.82, 2.24) is 10.2 Å². The minimum absolute atomic E-state index is 0.377. The van der Waals surface area contributed by atoms with Crippen LogP contribution < -0.4 is 5.32 Å². The lowest BCUT2D eigenvalue weighted by atomic mass is 10.1. The second-order valence-corrected chi connectivity index (χ2v) is 5.45. The Balaban J connectivity index is 1.54. The maximum Gasteiger partial charge on any atom is 0.0678 e. The van der Waals surface area contributed by atoms with Gasteiger partial charge in [0.15, 0.2) is 0 Å². The van der Waals surface area contributed by atoms with Crippen molar-refractivity contribution in [1.29, 1.82) is 0 Å². The number of hydrogen-bond donors (Lipinski definition) is 1. The van der Waals surface area contributed by atoms with Crippen LogP contribution in [-0.2, 0) is 9.47 Å². The van der Waals surface area contributed by atoms with Crippen LogP contribution in [0.1, 0.15) is 20.3 Å². The fourth-order valence-electron chi connectivity index (χ4n) is 2.75. The average Bonchev–Trinajstić information content (AvgIpc) is 2.76. The van der Waals surface area contributed by atoms with Crippen LogP contribution in [0.4, 0.5) is 0 Å². The van der Waals surface area contributed by atoms with E-state index in [4.69, 9.17) is 9.47 Å². The maximum absolute atomic E-state index is 5.73. The first-order chi connectivity index (χ1) is 8.24. The molecule has 100 valence electrons. The normalized spacial score (nSPS) is 35.3. The molecule has 0 spiro atoms. The van der Waals surface area contributed by atoms with E-state index in [1.807, 2.05) is 0 Å². The third kappa shape index (κ3) is 4.54. The van der Waals surface area contributed by atoms with Crippen LogP contribution in [0.25, 0.3) is 0 Å². The SMILES string of the molecule is C[C@@H]1CN(CCNCC2CCOC2)C[C@H](C)O1. The van der Waals surface area contributed by atoms with E-state index in [9.17, 15) is 0 Å². The first-order valence-electron chi connectivity index (χ1n) is 6.90. The van der Waals surface area contributed by atoms with Gasteiger partial charge in [0.25, 0.3) is 0 Å². The lowest BCUT2D eigenvalue weighted by Crippen LogP contribution is -2.47. The molecule has 0 radical (unpaired) electrons. The molecule has 0 aromatic heterocycles. The van der Waals surface area contributed by atoms with Crippen molar-refractivity contribution in [2.75, 3.05) is 45.9 Å². The Morgan fingerprint density at radius 1 is 1.24 bits per heavy atom. The zero-order chi connectivity index (χ0) is 12.1. The van der Waals surface area contributed by atoms with E-state index in [0.29, 0.717) is 12.2 Å². The molecule has 3 atom stereocenters. The van der Waals surface area contributed by atoms with E-state index in [1.54, 1.807) is 0 Å². The molecule has 0 aromatic carbocycles. The van der Waals surface area contributed by atoms with E-state index < -0.39 is 0 Å². The molecule has 17 heavy (non-hydrogen) atoms. The molecule has 1 N–H and O–H groups in total. The molecule has 0 aliphatic carbocycles. The van der Waals surface area contributed by atoms with Crippen LogP contribution in [0.5, 0.6) is 0 Å². The Morgan fingerprint density at radius 2 is 2.00 bits per heavy atom. The fraction of sp³-hybridized carbons (Fsp3) is 1.00. The van der Waals surface area contributed by atoms with Gasteiger partial charge in [-0.05, 0) is 26.2 Å². The van der Waals surface area contributed by atoms with Crippen molar-refractivity contribution in [3.05, 3.63) is 0 Å². The third-order valence-corrected chi connectivity index (χ3v) is 3.56. The molecule has 0 amide bonds. The van der Waals surface area contributed by atoms with Crippen LogP contribution in [0, 0.1) is 5.92 Å². The molecule has 4 heteroatoms. The van der Waals surface area contributed by atoms with Crippen LogP contribution in [0.15, 0.2) is 0 Å². The monoisotopic (exact) mass is 242 g/mol. The topological polar surface area (TPSA) is 33.7 Å². The standard InChI is InChI=1S/C13H26N2O2/c1-11-8-15(9-12(2)17-11)5-4-14-7-13-3-6-16-10-13/h11-14H,3-10H2,1-2H3/t11-,12+,13?. The predicted octanol–water partition coefficient (Wildman–Crippen LogP) is 0.722. The molecule has 2 heterocycles. The van der Waals surface area contributed by atoms with Gasteiger partial charge in [-0.3, -0.25) is 4.90 Å². The molecule has 2 rings (SSSR count). The Morgan fingerprint density at radius 3 is 2.65 bits per heavy atom. The van der Waals surface area contributed by atoms with Gasteiger partial charge in [-0.2, -0.15) is 0 Å². The summed E-state index contributed by atoms with van der Waals surface area (Å²) in [5.41, 5.74) is 0. The van der Waals surface area contributed by atoms with Gasteiger partial charge in [-0.25, -0.2) is 0 Å². The van der Waals surface area contributed by atoms with E-state index in [0.717, 1.165) is 51.9 Å². The lowest BCUT2D eigenvalue weighted by Gasteiger charge is -2.35. The summed E-state index contributed by atoms with van der Waals surface area (Å²) < 4.78 is 11.1. The summed E-state index contributed by atoms with van der Waals surface area (Å²) in [6.45, 7) is 11.7. The highest BCUT2D eigenvalue weighted by atomic mass is 16.5. The molecule has 2 saturated heterocycles. The highest BCUT2D eigenvalue weighted by Gasteiger charge is 2.21. The Kier molecular flexibility index (Phi) is 5.22. The highest BCUT2D eigenvalue weighted by Crippen LogP contribution is 2.11. The van der Waals surface area contributed by atoms with Crippen LogP contribution in [-0.4, -0.2) is 63.0 Å². The summed E-state index contributed by atoms with van der Waals surface area (Å²) in [4.78, 5) is 2.50. The molecular weight excluding hydrogens is 216 g/mol. The van der Waals surface area contributed by atoms with E-state index in [1.165, 1.54) is 6.42 Å². The number of ether oxygens (including phenoxy) is 2. The number of rotatable bonds is 5. The first-order valence-corrected chi connectivity index (χ1v) is 6.90. The second kappa shape index (κ2) is 6.69. The molecular formula is C13H26N2O2. The molecule has 2 fully saturated rings. The summed E-state index contributed by atoms with van der Waals surface area (Å²) in [7, 11) is 0.